The molecule has 2 aliphatic rings. The first-order valence-corrected chi connectivity index (χ1v) is 10.2. The van der Waals surface area contributed by atoms with E-state index in [9.17, 15) is 19.5 Å². The topological polar surface area (TPSA) is 107 Å². The Bertz CT molecular complexity index is 944. The zero-order valence-corrected chi connectivity index (χ0v) is 16.5. The van der Waals surface area contributed by atoms with Crippen molar-refractivity contribution in [1.29, 1.82) is 0 Å². The molecule has 2 aromatic rings. The Balaban J connectivity index is 1.40. The normalized spacial score (nSPS) is 18.6. The molecule has 0 radical (unpaired) electrons. The van der Waals surface area contributed by atoms with Crippen LogP contribution in [0.5, 0.6) is 0 Å². The van der Waals surface area contributed by atoms with E-state index in [0.29, 0.717) is 19.4 Å². The van der Waals surface area contributed by atoms with Gasteiger partial charge in [-0.15, -0.1) is 0 Å². The molecule has 4 rings (SSSR count). The van der Waals surface area contributed by atoms with Crippen molar-refractivity contribution >= 4 is 17.8 Å². The molecular formula is C23H24N2O5. The van der Waals surface area contributed by atoms with E-state index in [4.69, 9.17) is 5.11 Å². The maximum Gasteiger partial charge on any atom is 0.334 e. The molecule has 3 N–H and O–H groups in total. The van der Waals surface area contributed by atoms with Gasteiger partial charge in [-0.25, -0.2) is 4.79 Å². The summed E-state index contributed by atoms with van der Waals surface area (Å²) in [6, 6.07) is 14.9. The van der Waals surface area contributed by atoms with Crippen molar-refractivity contribution in [3.05, 3.63) is 59.7 Å². The second-order valence-electron chi connectivity index (χ2n) is 7.75. The SMILES string of the molecule is O=C(CCC(=O)N1CCCC1C(O)C(=O)O)NC1c2ccccc2-c2ccccc21. The summed E-state index contributed by atoms with van der Waals surface area (Å²) in [4.78, 5) is 37.7. The first-order valence-electron chi connectivity index (χ1n) is 10.2. The number of nitrogens with zero attached hydrogens (tertiary/aromatic N) is 1. The van der Waals surface area contributed by atoms with E-state index in [1.165, 1.54) is 4.90 Å². The third kappa shape index (κ3) is 3.68. The zero-order chi connectivity index (χ0) is 21.3. The molecular weight excluding hydrogens is 384 g/mol. The number of hydrogen-bond donors (Lipinski definition) is 3. The van der Waals surface area contributed by atoms with E-state index < -0.39 is 18.1 Å². The molecule has 0 bridgehead atoms. The molecule has 2 atom stereocenters. The van der Waals surface area contributed by atoms with Crippen LogP contribution in [-0.4, -0.2) is 51.6 Å². The van der Waals surface area contributed by atoms with Crippen LogP contribution in [0.4, 0.5) is 0 Å². The molecule has 7 nitrogen and oxygen atoms in total. The van der Waals surface area contributed by atoms with Gasteiger partial charge in [0.1, 0.15) is 0 Å². The number of aliphatic hydroxyl groups is 1. The van der Waals surface area contributed by atoms with Gasteiger partial charge in [-0.05, 0) is 35.1 Å². The standard InChI is InChI=1S/C23H24N2O5/c26-19(11-12-20(27)25-13-5-10-18(25)22(28)23(29)30)24-21-16-8-3-1-6-14(16)15-7-2-4-9-17(15)21/h1-4,6-9,18,21-22,28H,5,10-13H2,(H,24,26)(H,29,30). The average Bonchev–Trinajstić information content (AvgIpc) is 3.36. The Morgan fingerprint density at radius 1 is 1.00 bits per heavy atom. The van der Waals surface area contributed by atoms with Gasteiger partial charge in [0, 0.05) is 19.4 Å². The van der Waals surface area contributed by atoms with E-state index in [2.05, 4.69) is 5.32 Å². The highest BCUT2D eigenvalue weighted by molar-refractivity contribution is 5.87. The van der Waals surface area contributed by atoms with Crippen molar-refractivity contribution in [2.24, 2.45) is 0 Å². The molecule has 1 aliphatic heterocycles. The van der Waals surface area contributed by atoms with Crippen molar-refractivity contribution in [2.75, 3.05) is 6.54 Å². The summed E-state index contributed by atoms with van der Waals surface area (Å²) in [5.74, 6) is -1.88. The molecule has 2 aromatic carbocycles. The van der Waals surface area contributed by atoms with Crippen LogP contribution < -0.4 is 5.32 Å². The molecule has 1 aliphatic carbocycles. The number of nitrogens with one attached hydrogen (secondary N) is 1. The van der Waals surface area contributed by atoms with Gasteiger partial charge in [0.2, 0.25) is 11.8 Å². The van der Waals surface area contributed by atoms with Crippen molar-refractivity contribution in [1.82, 2.24) is 10.2 Å². The number of carboxylic acid groups (broad SMARTS) is 1. The third-order valence-corrected chi connectivity index (χ3v) is 5.94. The van der Waals surface area contributed by atoms with Gasteiger partial charge in [-0.1, -0.05) is 48.5 Å². The lowest BCUT2D eigenvalue weighted by Crippen LogP contribution is -2.46. The van der Waals surface area contributed by atoms with Crippen molar-refractivity contribution in [3.63, 3.8) is 0 Å². The number of benzene rings is 2. The molecule has 2 unspecified atom stereocenters. The minimum Gasteiger partial charge on any atom is -0.479 e. The van der Waals surface area contributed by atoms with Crippen molar-refractivity contribution in [3.8, 4) is 11.1 Å². The van der Waals surface area contributed by atoms with Crippen LogP contribution in [0.3, 0.4) is 0 Å². The monoisotopic (exact) mass is 408 g/mol. The fourth-order valence-electron chi connectivity index (χ4n) is 4.50. The summed E-state index contributed by atoms with van der Waals surface area (Å²) in [6.45, 7) is 0.402. The van der Waals surface area contributed by atoms with Crippen LogP contribution in [0.25, 0.3) is 11.1 Å². The molecule has 1 fully saturated rings. The minimum atomic E-state index is -1.60. The molecule has 0 saturated carbocycles. The minimum absolute atomic E-state index is 0.00601. The smallest absolute Gasteiger partial charge is 0.334 e. The summed E-state index contributed by atoms with van der Waals surface area (Å²) in [5, 5.41) is 21.9. The van der Waals surface area contributed by atoms with Crippen molar-refractivity contribution in [2.45, 2.75) is 43.9 Å². The maximum atomic E-state index is 12.6. The highest BCUT2D eigenvalue weighted by atomic mass is 16.4. The number of rotatable bonds is 6. The van der Waals surface area contributed by atoms with Crippen LogP contribution in [0.1, 0.15) is 42.9 Å². The lowest BCUT2D eigenvalue weighted by atomic mass is 10.0. The number of aliphatic carboxylic acids is 1. The van der Waals surface area contributed by atoms with Gasteiger partial charge >= 0.3 is 5.97 Å². The van der Waals surface area contributed by atoms with Crippen molar-refractivity contribution < 1.29 is 24.6 Å². The predicted molar refractivity (Wildman–Crippen MR) is 109 cm³/mol. The van der Waals surface area contributed by atoms with Gasteiger partial charge in [0.25, 0.3) is 0 Å². The zero-order valence-electron chi connectivity index (χ0n) is 16.5. The summed E-state index contributed by atoms with van der Waals surface area (Å²) in [5.41, 5.74) is 4.25. The van der Waals surface area contributed by atoms with E-state index >= 15 is 0 Å². The Labute approximate surface area is 174 Å². The van der Waals surface area contributed by atoms with E-state index in [-0.39, 0.29) is 30.7 Å². The quantitative estimate of drug-likeness (QED) is 0.679. The predicted octanol–water partition coefficient (Wildman–Crippen LogP) is 2.09. The number of likely N-dealkylation sites (tertiary alicyclic amines) is 1. The number of amides is 2. The second kappa shape index (κ2) is 8.28. The summed E-state index contributed by atoms with van der Waals surface area (Å²) in [7, 11) is 0. The van der Waals surface area contributed by atoms with E-state index in [1.54, 1.807) is 0 Å². The van der Waals surface area contributed by atoms with E-state index in [0.717, 1.165) is 22.3 Å². The van der Waals surface area contributed by atoms with Gasteiger partial charge < -0.3 is 20.4 Å². The molecule has 156 valence electrons. The molecule has 30 heavy (non-hydrogen) atoms. The highest BCUT2D eigenvalue weighted by Gasteiger charge is 2.37. The number of carbonyl (C=O) groups is 3. The second-order valence-corrected chi connectivity index (χ2v) is 7.75. The molecule has 0 aromatic heterocycles. The first kappa shape index (κ1) is 20.1. The fourth-order valence-corrected chi connectivity index (χ4v) is 4.50. The molecule has 1 saturated heterocycles. The molecule has 7 heteroatoms. The maximum absolute atomic E-state index is 12.6. The number of hydrogen-bond acceptors (Lipinski definition) is 4. The number of aliphatic hydroxyl groups excluding tert-OH is 1. The van der Waals surface area contributed by atoms with Crippen LogP contribution in [0.15, 0.2) is 48.5 Å². The number of carbonyl (C=O) groups excluding carboxylic acids is 2. The fraction of sp³-hybridized carbons (Fsp3) is 0.348. The number of carboxylic acids is 1. The Morgan fingerprint density at radius 3 is 2.20 bits per heavy atom. The third-order valence-electron chi connectivity index (χ3n) is 5.94. The van der Waals surface area contributed by atoms with Crippen LogP contribution in [-0.2, 0) is 14.4 Å². The Hall–Kier alpha value is -3.19. The Kier molecular flexibility index (Phi) is 5.55. The summed E-state index contributed by atoms with van der Waals surface area (Å²) < 4.78 is 0. The Morgan fingerprint density at radius 2 is 1.60 bits per heavy atom. The average molecular weight is 408 g/mol. The summed E-state index contributed by atoms with van der Waals surface area (Å²) in [6.07, 6.45) is -0.530. The highest BCUT2D eigenvalue weighted by Crippen LogP contribution is 2.43. The van der Waals surface area contributed by atoms with E-state index in [1.807, 2.05) is 48.5 Å². The molecule has 2 amide bonds. The lowest BCUT2D eigenvalue weighted by Gasteiger charge is -2.26. The lowest BCUT2D eigenvalue weighted by molar-refractivity contribution is -0.152. The van der Waals surface area contributed by atoms with Gasteiger partial charge in [-0.2, -0.15) is 0 Å². The first-order chi connectivity index (χ1) is 14.5. The van der Waals surface area contributed by atoms with Gasteiger partial charge in [0.05, 0.1) is 12.1 Å². The summed E-state index contributed by atoms with van der Waals surface area (Å²) >= 11 is 0. The van der Waals surface area contributed by atoms with Gasteiger partial charge in [-0.3, -0.25) is 9.59 Å². The van der Waals surface area contributed by atoms with Crippen LogP contribution >= 0.6 is 0 Å². The van der Waals surface area contributed by atoms with Gasteiger partial charge in [0.15, 0.2) is 6.10 Å². The molecule has 0 spiro atoms. The number of fused-ring (bicyclic) bond motifs is 3. The van der Waals surface area contributed by atoms with Crippen LogP contribution in [0, 0.1) is 0 Å². The molecule has 1 heterocycles. The largest absolute Gasteiger partial charge is 0.479 e. The van der Waals surface area contributed by atoms with Crippen LogP contribution in [0.2, 0.25) is 0 Å².